The molecule has 0 unspecified atom stereocenters. The Morgan fingerprint density at radius 2 is 1.80 bits per heavy atom. The van der Waals surface area contributed by atoms with E-state index in [1.54, 1.807) is 23.0 Å². The van der Waals surface area contributed by atoms with Crippen LogP contribution in [0.2, 0.25) is 0 Å². The minimum absolute atomic E-state index is 0.177. The molecule has 4 aromatic rings. The van der Waals surface area contributed by atoms with Gasteiger partial charge < -0.3 is 0 Å². The summed E-state index contributed by atoms with van der Waals surface area (Å²) in [5.74, 6) is -0.353. The van der Waals surface area contributed by atoms with Crippen LogP contribution in [0.4, 0.5) is 0 Å². The molecule has 5 rings (SSSR count). The summed E-state index contributed by atoms with van der Waals surface area (Å²) >= 11 is 2.91. The summed E-state index contributed by atoms with van der Waals surface area (Å²) in [5.41, 5.74) is 2.19. The lowest BCUT2D eigenvalue weighted by molar-refractivity contribution is 0.0990. The van der Waals surface area contributed by atoms with E-state index in [0.29, 0.717) is 11.1 Å². The van der Waals surface area contributed by atoms with Gasteiger partial charge in [-0.05, 0) is 36.4 Å². The molecule has 0 amide bonds. The average Bonchev–Trinajstić information content (AvgIpc) is 3.38. The Morgan fingerprint density at radius 3 is 2.60 bits per heavy atom. The van der Waals surface area contributed by atoms with E-state index in [1.165, 1.54) is 22.7 Å². The number of fused-ring (bicyclic) bond motifs is 2. The molecule has 25 heavy (non-hydrogen) atoms. The summed E-state index contributed by atoms with van der Waals surface area (Å²) in [6, 6.07) is 9.84. The molecule has 0 radical (unpaired) electrons. The Labute approximate surface area is 150 Å². The molecule has 0 atom stereocenters. The molecule has 0 aliphatic heterocycles. The van der Waals surface area contributed by atoms with Crippen molar-refractivity contribution >= 4 is 51.3 Å². The largest absolute Gasteiger partial charge is 0.292 e. The Balaban J connectivity index is 1.55. The average molecular weight is 362 g/mol. The van der Waals surface area contributed by atoms with Gasteiger partial charge in [0.15, 0.2) is 11.6 Å². The molecule has 120 valence electrons. The van der Waals surface area contributed by atoms with Gasteiger partial charge in [0.25, 0.3) is 0 Å². The van der Waals surface area contributed by atoms with Crippen LogP contribution in [0.5, 0.6) is 0 Å². The molecule has 0 N–H and O–H groups in total. The van der Waals surface area contributed by atoms with Crippen molar-refractivity contribution in [3.8, 4) is 5.00 Å². The molecule has 1 aliphatic rings. The number of Topliss-reactive ketones (excluding diaryl/α,β-unsaturated/α-hetero) is 2. The molecule has 4 aromatic heterocycles. The normalized spacial score (nSPS) is 13.7. The third-order valence-electron chi connectivity index (χ3n) is 4.23. The predicted molar refractivity (Wildman–Crippen MR) is 99.9 cm³/mol. The first-order valence-corrected chi connectivity index (χ1v) is 9.38. The Kier molecular flexibility index (Phi) is 3.10. The number of nitrogens with zero attached hydrogens (tertiary/aromatic N) is 2. The van der Waals surface area contributed by atoms with E-state index in [0.717, 1.165) is 20.9 Å². The van der Waals surface area contributed by atoms with Crippen molar-refractivity contribution in [3.63, 3.8) is 0 Å². The van der Waals surface area contributed by atoms with Gasteiger partial charge in [0.2, 0.25) is 0 Å². The fraction of sp³-hybridized carbons (Fsp3) is 0. The molecule has 4 nitrogen and oxygen atoms in total. The molecule has 0 saturated carbocycles. The third-order valence-corrected chi connectivity index (χ3v) is 6.00. The third kappa shape index (κ3) is 2.15. The number of hydrogen-bond acceptors (Lipinski definition) is 5. The summed E-state index contributed by atoms with van der Waals surface area (Å²) in [4.78, 5) is 30.1. The van der Waals surface area contributed by atoms with Crippen LogP contribution in [0.15, 0.2) is 59.1 Å². The first-order chi connectivity index (χ1) is 12.2. The van der Waals surface area contributed by atoms with Crippen LogP contribution in [-0.4, -0.2) is 21.1 Å². The Bertz CT molecular complexity index is 1160. The number of pyridine rings is 1. The van der Waals surface area contributed by atoms with Crippen LogP contribution < -0.4 is 0 Å². The maximum absolute atomic E-state index is 12.4. The maximum atomic E-state index is 12.4. The summed E-state index contributed by atoms with van der Waals surface area (Å²) in [5, 5.41) is 5.55. The van der Waals surface area contributed by atoms with Crippen LogP contribution in [-0.2, 0) is 0 Å². The second kappa shape index (κ2) is 5.34. The minimum Gasteiger partial charge on any atom is -0.292 e. The van der Waals surface area contributed by atoms with Crippen molar-refractivity contribution in [3.05, 3.63) is 75.1 Å². The Hall–Kier alpha value is -2.83. The van der Waals surface area contributed by atoms with Gasteiger partial charge in [-0.3, -0.25) is 14.2 Å². The molecule has 6 heteroatoms. The molecule has 0 fully saturated rings. The summed E-state index contributed by atoms with van der Waals surface area (Å²) in [7, 11) is 0. The van der Waals surface area contributed by atoms with Crippen molar-refractivity contribution in [2.45, 2.75) is 0 Å². The van der Waals surface area contributed by atoms with Gasteiger partial charge in [-0.15, -0.1) is 11.3 Å². The molecule has 0 bridgehead atoms. The maximum Gasteiger partial charge on any atom is 0.198 e. The summed E-state index contributed by atoms with van der Waals surface area (Å²) < 4.78 is 2.01. The number of rotatable bonds is 2. The fourth-order valence-corrected chi connectivity index (χ4v) is 4.75. The van der Waals surface area contributed by atoms with Gasteiger partial charge in [0.05, 0.1) is 5.57 Å². The number of aromatic nitrogens is 2. The second-order valence-electron chi connectivity index (χ2n) is 5.69. The van der Waals surface area contributed by atoms with Gasteiger partial charge in [-0.2, -0.15) is 11.3 Å². The minimum atomic E-state index is -0.177. The first kappa shape index (κ1) is 14.5. The SMILES string of the molecule is O=C1C(=Cc2ccc(-n3ccc4cccnc43)s2)C(=O)c2cscc21. The number of ketones is 2. The smallest absolute Gasteiger partial charge is 0.198 e. The quantitative estimate of drug-likeness (QED) is 0.386. The van der Waals surface area contributed by atoms with Gasteiger partial charge in [-0.25, -0.2) is 4.98 Å². The van der Waals surface area contributed by atoms with Crippen LogP contribution in [0.1, 0.15) is 25.6 Å². The van der Waals surface area contributed by atoms with E-state index in [-0.39, 0.29) is 17.1 Å². The molecular weight excluding hydrogens is 352 g/mol. The molecule has 0 aromatic carbocycles. The summed E-state index contributed by atoms with van der Waals surface area (Å²) in [6.45, 7) is 0. The van der Waals surface area contributed by atoms with E-state index >= 15 is 0 Å². The number of carbonyl (C=O) groups excluding carboxylic acids is 2. The van der Waals surface area contributed by atoms with Crippen molar-refractivity contribution in [1.82, 2.24) is 9.55 Å². The van der Waals surface area contributed by atoms with E-state index in [2.05, 4.69) is 4.98 Å². The monoisotopic (exact) mass is 362 g/mol. The first-order valence-electron chi connectivity index (χ1n) is 7.62. The Morgan fingerprint density at radius 1 is 1.00 bits per heavy atom. The van der Waals surface area contributed by atoms with Crippen LogP contribution in [0.25, 0.3) is 22.1 Å². The standard InChI is InChI=1S/C19H10N2O2S2/c22-17-13(18(23)15-10-24-9-14(15)17)8-12-3-4-16(25-12)21-7-5-11-2-1-6-20-19(11)21/h1-10H. The summed E-state index contributed by atoms with van der Waals surface area (Å²) in [6.07, 6.45) is 5.44. The van der Waals surface area contributed by atoms with Gasteiger partial charge in [-0.1, -0.05) is 0 Å². The zero-order valence-corrected chi connectivity index (χ0v) is 14.4. The zero-order chi connectivity index (χ0) is 17.0. The zero-order valence-electron chi connectivity index (χ0n) is 12.8. The lowest BCUT2D eigenvalue weighted by Gasteiger charge is -1.99. The van der Waals surface area contributed by atoms with Gasteiger partial charge in [0, 0.05) is 44.5 Å². The lowest BCUT2D eigenvalue weighted by atomic mass is 10.1. The number of hydrogen-bond donors (Lipinski definition) is 0. The second-order valence-corrected chi connectivity index (χ2v) is 7.53. The van der Waals surface area contributed by atoms with Crippen molar-refractivity contribution in [2.75, 3.05) is 0 Å². The van der Waals surface area contributed by atoms with Crippen molar-refractivity contribution in [1.29, 1.82) is 0 Å². The molecule has 4 heterocycles. The highest BCUT2D eigenvalue weighted by Gasteiger charge is 2.33. The molecule has 0 saturated heterocycles. The topological polar surface area (TPSA) is 52.0 Å². The van der Waals surface area contributed by atoms with E-state index in [4.69, 9.17) is 0 Å². The van der Waals surface area contributed by atoms with Crippen LogP contribution in [0.3, 0.4) is 0 Å². The van der Waals surface area contributed by atoms with Crippen molar-refractivity contribution in [2.24, 2.45) is 0 Å². The number of allylic oxidation sites excluding steroid dienone is 1. The highest BCUT2D eigenvalue weighted by Crippen LogP contribution is 2.32. The highest BCUT2D eigenvalue weighted by molar-refractivity contribution is 7.15. The number of thiophene rings is 2. The van der Waals surface area contributed by atoms with Gasteiger partial charge >= 0.3 is 0 Å². The molecule has 1 aliphatic carbocycles. The van der Waals surface area contributed by atoms with E-state index in [1.807, 2.05) is 41.1 Å². The highest BCUT2D eigenvalue weighted by atomic mass is 32.1. The predicted octanol–water partition coefficient (Wildman–Crippen LogP) is 4.61. The van der Waals surface area contributed by atoms with E-state index in [9.17, 15) is 9.59 Å². The molecule has 0 spiro atoms. The van der Waals surface area contributed by atoms with Crippen LogP contribution in [0, 0.1) is 0 Å². The van der Waals surface area contributed by atoms with Crippen LogP contribution >= 0.6 is 22.7 Å². The lowest BCUT2D eigenvalue weighted by Crippen LogP contribution is -2.00. The fourth-order valence-electron chi connectivity index (χ4n) is 3.01. The molecular formula is C19H10N2O2S2. The van der Waals surface area contributed by atoms with Gasteiger partial charge in [0.1, 0.15) is 10.6 Å². The van der Waals surface area contributed by atoms with E-state index < -0.39 is 0 Å². The van der Waals surface area contributed by atoms with Crippen molar-refractivity contribution < 1.29 is 9.59 Å². The number of carbonyl (C=O) groups is 2.